The van der Waals surface area contributed by atoms with E-state index in [1.165, 1.54) is 6.20 Å². The van der Waals surface area contributed by atoms with Crippen LogP contribution in [-0.2, 0) is 13.0 Å². The third-order valence-corrected chi connectivity index (χ3v) is 3.44. The summed E-state index contributed by atoms with van der Waals surface area (Å²) in [7, 11) is 1.74. The molecule has 1 amide bonds. The molecule has 0 aliphatic rings. The molecule has 0 saturated heterocycles. The maximum absolute atomic E-state index is 12.2. The molecule has 2 rings (SSSR count). The molecule has 21 heavy (non-hydrogen) atoms. The number of halogens is 1. The molecule has 0 aliphatic carbocycles. The maximum Gasteiger partial charge on any atom is 0.253 e. The maximum atomic E-state index is 12.2. The Bertz CT molecular complexity index is 645. The molecular formula is C15H17ClN4O. The molecule has 0 saturated carbocycles. The van der Waals surface area contributed by atoms with Gasteiger partial charge in [0.25, 0.3) is 5.91 Å². The Balaban J connectivity index is 2.11. The lowest BCUT2D eigenvalue weighted by molar-refractivity contribution is 0.0950. The Morgan fingerprint density at radius 3 is 2.90 bits per heavy atom. The molecule has 0 spiro atoms. The molecule has 0 bridgehead atoms. The van der Waals surface area contributed by atoms with E-state index in [0.717, 1.165) is 17.7 Å². The van der Waals surface area contributed by atoms with Gasteiger partial charge in [-0.1, -0.05) is 24.6 Å². The topological polar surface area (TPSA) is 66.9 Å². The van der Waals surface area contributed by atoms with Gasteiger partial charge in [0.2, 0.25) is 0 Å². The number of pyridine rings is 2. The summed E-state index contributed by atoms with van der Waals surface area (Å²) in [5, 5.41) is 6.04. The highest BCUT2D eigenvalue weighted by Crippen LogP contribution is 2.18. The van der Waals surface area contributed by atoms with Crippen molar-refractivity contribution < 1.29 is 4.79 Å². The van der Waals surface area contributed by atoms with Crippen LogP contribution in [-0.4, -0.2) is 22.9 Å². The first kappa shape index (κ1) is 15.3. The summed E-state index contributed by atoms with van der Waals surface area (Å²) < 4.78 is 0. The number of nitrogens with zero attached hydrogens (tertiary/aromatic N) is 2. The average Bonchev–Trinajstić information content (AvgIpc) is 2.53. The zero-order valence-corrected chi connectivity index (χ0v) is 12.7. The summed E-state index contributed by atoms with van der Waals surface area (Å²) >= 11 is 6.02. The molecule has 2 aromatic heterocycles. The fourth-order valence-corrected chi connectivity index (χ4v) is 2.15. The Kier molecular flexibility index (Phi) is 5.11. The third kappa shape index (κ3) is 3.70. The van der Waals surface area contributed by atoms with Crippen LogP contribution in [0, 0.1) is 0 Å². The van der Waals surface area contributed by atoms with Crippen LogP contribution in [0.3, 0.4) is 0 Å². The van der Waals surface area contributed by atoms with E-state index in [2.05, 4.69) is 27.5 Å². The van der Waals surface area contributed by atoms with Crippen LogP contribution in [0.4, 0.5) is 5.82 Å². The van der Waals surface area contributed by atoms with Crippen LogP contribution in [0.5, 0.6) is 0 Å². The van der Waals surface area contributed by atoms with Gasteiger partial charge in [-0.25, -0.2) is 4.98 Å². The van der Waals surface area contributed by atoms with E-state index in [1.807, 2.05) is 12.1 Å². The smallest absolute Gasteiger partial charge is 0.253 e. The molecule has 0 aromatic carbocycles. The molecule has 5 nitrogen and oxygen atoms in total. The fraction of sp³-hybridized carbons (Fsp3) is 0.267. The second-order valence-corrected chi connectivity index (χ2v) is 4.85. The first-order valence-electron chi connectivity index (χ1n) is 6.70. The number of hydrogen-bond acceptors (Lipinski definition) is 4. The van der Waals surface area contributed by atoms with Crippen molar-refractivity contribution in [1.82, 2.24) is 15.3 Å². The van der Waals surface area contributed by atoms with Crippen molar-refractivity contribution in [1.29, 1.82) is 0 Å². The van der Waals surface area contributed by atoms with Crippen LogP contribution >= 0.6 is 11.6 Å². The highest BCUT2D eigenvalue weighted by Gasteiger charge is 2.12. The van der Waals surface area contributed by atoms with E-state index in [1.54, 1.807) is 19.3 Å². The number of nitrogens with one attached hydrogen (secondary N) is 2. The van der Waals surface area contributed by atoms with Crippen molar-refractivity contribution in [2.45, 2.75) is 19.9 Å². The van der Waals surface area contributed by atoms with Crippen LogP contribution in [0.25, 0.3) is 0 Å². The lowest BCUT2D eigenvalue weighted by Gasteiger charge is -2.10. The number of rotatable bonds is 5. The minimum atomic E-state index is -0.244. The zero-order valence-electron chi connectivity index (χ0n) is 12.0. The molecule has 2 N–H and O–H groups in total. The molecule has 0 aliphatic heterocycles. The Hall–Kier alpha value is -2.14. The van der Waals surface area contributed by atoms with Crippen LogP contribution < -0.4 is 10.6 Å². The number of aromatic nitrogens is 2. The standard InChI is InChI=1S/C15H17ClN4O/c1-3-10-5-4-6-18-13(10)9-20-15(21)11-7-14(17-2)19-8-12(11)16/h4-8H,3,9H2,1-2H3,(H,17,19)(H,20,21). The second-order valence-electron chi connectivity index (χ2n) is 4.44. The largest absolute Gasteiger partial charge is 0.373 e. The lowest BCUT2D eigenvalue weighted by Crippen LogP contribution is -2.24. The Morgan fingerprint density at radius 1 is 1.38 bits per heavy atom. The summed E-state index contributed by atoms with van der Waals surface area (Å²) in [6.07, 6.45) is 4.05. The fourth-order valence-electron chi connectivity index (χ4n) is 1.96. The minimum Gasteiger partial charge on any atom is -0.373 e. The first-order chi connectivity index (χ1) is 10.2. The summed E-state index contributed by atoms with van der Waals surface area (Å²) in [4.78, 5) is 20.6. The van der Waals surface area contributed by atoms with Gasteiger partial charge >= 0.3 is 0 Å². The monoisotopic (exact) mass is 304 g/mol. The molecule has 2 aromatic rings. The van der Waals surface area contributed by atoms with E-state index in [4.69, 9.17) is 11.6 Å². The van der Waals surface area contributed by atoms with Gasteiger partial charge < -0.3 is 10.6 Å². The van der Waals surface area contributed by atoms with Crippen molar-refractivity contribution in [3.05, 3.63) is 52.4 Å². The molecule has 0 fully saturated rings. The van der Waals surface area contributed by atoms with E-state index in [-0.39, 0.29) is 5.91 Å². The molecule has 0 unspecified atom stereocenters. The number of amides is 1. The van der Waals surface area contributed by atoms with Crippen molar-refractivity contribution in [2.75, 3.05) is 12.4 Å². The van der Waals surface area contributed by atoms with E-state index in [9.17, 15) is 4.79 Å². The predicted octanol–water partition coefficient (Wildman–Crippen LogP) is 2.66. The lowest BCUT2D eigenvalue weighted by atomic mass is 10.1. The number of carbonyl (C=O) groups is 1. The van der Waals surface area contributed by atoms with Gasteiger partial charge in [0.05, 0.1) is 22.8 Å². The minimum absolute atomic E-state index is 0.244. The second kappa shape index (κ2) is 7.04. The highest BCUT2D eigenvalue weighted by molar-refractivity contribution is 6.33. The van der Waals surface area contributed by atoms with Gasteiger partial charge in [-0.3, -0.25) is 9.78 Å². The van der Waals surface area contributed by atoms with Gasteiger partial charge in [-0.05, 0) is 24.1 Å². The summed E-state index contributed by atoms with van der Waals surface area (Å²) in [6.45, 7) is 2.43. The Labute approximate surface area is 128 Å². The van der Waals surface area contributed by atoms with Crippen molar-refractivity contribution in [3.8, 4) is 0 Å². The molecule has 110 valence electrons. The summed E-state index contributed by atoms with van der Waals surface area (Å²) in [5.41, 5.74) is 2.38. The SMILES string of the molecule is CCc1cccnc1CNC(=O)c1cc(NC)ncc1Cl. The van der Waals surface area contributed by atoms with Crippen molar-refractivity contribution in [2.24, 2.45) is 0 Å². The van der Waals surface area contributed by atoms with Gasteiger partial charge in [0, 0.05) is 19.4 Å². The number of carbonyl (C=O) groups excluding carboxylic acids is 1. The number of anilines is 1. The van der Waals surface area contributed by atoms with E-state index >= 15 is 0 Å². The van der Waals surface area contributed by atoms with E-state index in [0.29, 0.717) is 22.9 Å². The Morgan fingerprint density at radius 2 is 2.19 bits per heavy atom. The highest BCUT2D eigenvalue weighted by atomic mass is 35.5. The summed E-state index contributed by atoms with van der Waals surface area (Å²) in [6, 6.07) is 5.52. The van der Waals surface area contributed by atoms with Gasteiger partial charge in [-0.15, -0.1) is 0 Å². The molecular weight excluding hydrogens is 288 g/mol. The molecule has 0 radical (unpaired) electrons. The molecule has 6 heteroatoms. The van der Waals surface area contributed by atoms with Crippen LogP contribution in [0.2, 0.25) is 5.02 Å². The molecule has 2 heterocycles. The quantitative estimate of drug-likeness (QED) is 0.891. The van der Waals surface area contributed by atoms with Gasteiger partial charge in [0.1, 0.15) is 5.82 Å². The average molecular weight is 305 g/mol. The molecule has 0 atom stereocenters. The number of hydrogen-bond donors (Lipinski definition) is 2. The third-order valence-electron chi connectivity index (χ3n) is 3.14. The van der Waals surface area contributed by atoms with Crippen LogP contribution in [0.15, 0.2) is 30.6 Å². The normalized spacial score (nSPS) is 10.2. The van der Waals surface area contributed by atoms with Crippen LogP contribution in [0.1, 0.15) is 28.5 Å². The zero-order chi connectivity index (χ0) is 15.2. The van der Waals surface area contributed by atoms with Gasteiger partial charge in [-0.2, -0.15) is 0 Å². The van der Waals surface area contributed by atoms with E-state index < -0.39 is 0 Å². The van der Waals surface area contributed by atoms with Crippen molar-refractivity contribution >= 4 is 23.3 Å². The number of aryl methyl sites for hydroxylation is 1. The summed E-state index contributed by atoms with van der Waals surface area (Å²) in [5.74, 6) is 0.350. The van der Waals surface area contributed by atoms with Crippen molar-refractivity contribution in [3.63, 3.8) is 0 Å². The first-order valence-corrected chi connectivity index (χ1v) is 7.07. The predicted molar refractivity (Wildman–Crippen MR) is 83.6 cm³/mol. The van der Waals surface area contributed by atoms with Gasteiger partial charge in [0.15, 0.2) is 0 Å².